The molecular weight excluding hydrogens is 212 g/mol. The van der Waals surface area contributed by atoms with Crippen molar-refractivity contribution in [2.24, 2.45) is 5.92 Å². The number of carboxylic acids is 1. The highest BCUT2D eigenvalue weighted by Gasteiger charge is 2.37. The lowest BCUT2D eigenvalue weighted by molar-refractivity contribution is 0.0651. The molecule has 2 N–H and O–H groups in total. The van der Waals surface area contributed by atoms with Gasteiger partial charge in [-0.25, -0.2) is 4.79 Å². The van der Waals surface area contributed by atoms with Crippen LogP contribution in [0.25, 0.3) is 0 Å². The average Bonchev–Trinajstić information content (AvgIpc) is 2.80. The van der Waals surface area contributed by atoms with Crippen LogP contribution in [0.1, 0.15) is 40.8 Å². The Balaban J connectivity index is 1.96. The molecule has 1 aliphatic rings. The molecule has 2 unspecified atom stereocenters. The zero-order valence-electron chi connectivity index (χ0n) is 8.77. The van der Waals surface area contributed by atoms with Crippen molar-refractivity contribution >= 4 is 11.9 Å². The molecule has 2 rings (SSSR count). The standard InChI is InChI=1S/C10H12N2O4/c1-2-5-3-6(5)11-9(13)7-4-8(10(14)15)16-12-7/h4-6H,2-3H2,1H3,(H,11,13)(H,14,15). The molecule has 86 valence electrons. The predicted octanol–water partition coefficient (Wildman–Crippen LogP) is 0.901. The topological polar surface area (TPSA) is 92.4 Å². The molecular formula is C10H12N2O4. The van der Waals surface area contributed by atoms with E-state index in [1.807, 2.05) is 0 Å². The van der Waals surface area contributed by atoms with Crippen LogP contribution in [0.4, 0.5) is 0 Å². The molecule has 0 bridgehead atoms. The van der Waals surface area contributed by atoms with Crippen LogP contribution >= 0.6 is 0 Å². The van der Waals surface area contributed by atoms with Crippen LogP contribution < -0.4 is 5.32 Å². The number of aromatic carboxylic acids is 1. The van der Waals surface area contributed by atoms with Gasteiger partial charge < -0.3 is 14.9 Å². The fourth-order valence-electron chi connectivity index (χ4n) is 1.60. The minimum Gasteiger partial charge on any atom is -0.475 e. The molecule has 0 aromatic carbocycles. The molecule has 0 aliphatic heterocycles. The quantitative estimate of drug-likeness (QED) is 0.792. The van der Waals surface area contributed by atoms with Gasteiger partial charge in [-0.1, -0.05) is 18.5 Å². The lowest BCUT2D eigenvalue weighted by Gasteiger charge is -1.99. The predicted molar refractivity (Wildman–Crippen MR) is 53.1 cm³/mol. The maximum absolute atomic E-state index is 11.6. The molecule has 6 nitrogen and oxygen atoms in total. The summed E-state index contributed by atoms with van der Waals surface area (Å²) >= 11 is 0. The van der Waals surface area contributed by atoms with Crippen molar-refractivity contribution < 1.29 is 19.2 Å². The molecule has 2 atom stereocenters. The third-order valence-electron chi connectivity index (χ3n) is 2.72. The third kappa shape index (κ3) is 2.05. The van der Waals surface area contributed by atoms with Gasteiger partial charge in [-0.2, -0.15) is 0 Å². The van der Waals surface area contributed by atoms with Gasteiger partial charge in [0.05, 0.1) is 0 Å². The summed E-state index contributed by atoms with van der Waals surface area (Å²) in [5.41, 5.74) is 0.0131. The van der Waals surface area contributed by atoms with Gasteiger partial charge >= 0.3 is 5.97 Å². The van der Waals surface area contributed by atoms with E-state index in [0.29, 0.717) is 5.92 Å². The van der Waals surface area contributed by atoms with Crippen LogP contribution in [0.2, 0.25) is 0 Å². The summed E-state index contributed by atoms with van der Waals surface area (Å²) in [6, 6.07) is 1.32. The molecule has 0 spiro atoms. The lowest BCUT2D eigenvalue weighted by Crippen LogP contribution is -2.27. The van der Waals surface area contributed by atoms with E-state index < -0.39 is 5.97 Å². The van der Waals surface area contributed by atoms with Crippen LogP contribution in [0.5, 0.6) is 0 Å². The number of amides is 1. The summed E-state index contributed by atoms with van der Waals surface area (Å²) in [5.74, 6) is -1.40. The van der Waals surface area contributed by atoms with Gasteiger partial charge in [-0.05, 0) is 12.3 Å². The minimum absolute atomic E-state index is 0.0131. The van der Waals surface area contributed by atoms with Crippen LogP contribution in [-0.4, -0.2) is 28.2 Å². The zero-order valence-corrected chi connectivity index (χ0v) is 8.77. The highest BCUT2D eigenvalue weighted by molar-refractivity contribution is 5.95. The Morgan fingerprint density at radius 3 is 2.94 bits per heavy atom. The van der Waals surface area contributed by atoms with Gasteiger partial charge in [0.25, 0.3) is 5.91 Å². The Kier molecular flexibility index (Phi) is 2.64. The smallest absolute Gasteiger partial charge is 0.374 e. The number of aromatic nitrogens is 1. The molecule has 1 heterocycles. The first kappa shape index (κ1) is 10.7. The SMILES string of the molecule is CCC1CC1NC(=O)c1cc(C(=O)O)on1. The second-order valence-corrected chi connectivity index (χ2v) is 3.87. The molecule has 16 heavy (non-hydrogen) atoms. The summed E-state index contributed by atoms with van der Waals surface area (Å²) in [6.45, 7) is 2.06. The largest absolute Gasteiger partial charge is 0.475 e. The molecule has 0 saturated heterocycles. The number of carbonyl (C=O) groups excluding carboxylic acids is 1. The molecule has 1 saturated carbocycles. The van der Waals surface area contributed by atoms with E-state index in [1.54, 1.807) is 0 Å². The second kappa shape index (κ2) is 3.96. The van der Waals surface area contributed by atoms with Gasteiger partial charge in [0.2, 0.25) is 5.76 Å². The first-order chi connectivity index (χ1) is 7.61. The van der Waals surface area contributed by atoms with E-state index in [4.69, 9.17) is 5.11 Å². The molecule has 0 radical (unpaired) electrons. The number of rotatable bonds is 4. The van der Waals surface area contributed by atoms with Crippen molar-refractivity contribution in [1.82, 2.24) is 10.5 Å². The van der Waals surface area contributed by atoms with Gasteiger partial charge in [0.15, 0.2) is 5.69 Å². The zero-order chi connectivity index (χ0) is 11.7. The first-order valence-electron chi connectivity index (χ1n) is 5.12. The van der Waals surface area contributed by atoms with Crippen molar-refractivity contribution in [3.8, 4) is 0 Å². The minimum atomic E-state index is -1.23. The van der Waals surface area contributed by atoms with Crippen molar-refractivity contribution in [3.05, 3.63) is 17.5 Å². The highest BCUT2D eigenvalue weighted by Crippen LogP contribution is 2.33. The maximum atomic E-state index is 11.6. The van der Waals surface area contributed by atoms with E-state index in [0.717, 1.165) is 18.9 Å². The molecule has 6 heteroatoms. The molecule has 1 aromatic rings. The summed E-state index contributed by atoms with van der Waals surface area (Å²) < 4.78 is 4.49. The monoisotopic (exact) mass is 224 g/mol. The maximum Gasteiger partial charge on any atom is 0.374 e. The Bertz CT molecular complexity index is 426. The van der Waals surface area contributed by atoms with Crippen LogP contribution in [0.3, 0.4) is 0 Å². The van der Waals surface area contributed by atoms with Gasteiger partial charge in [-0.15, -0.1) is 0 Å². The van der Waals surface area contributed by atoms with E-state index in [-0.39, 0.29) is 23.4 Å². The Morgan fingerprint density at radius 1 is 1.69 bits per heavy atom. The second-order valence-electron chi connectivity index (χ2n) is 3.87. The first-order valence-corrected chi connectivity index (χ1v) is 5.12. The van der Waals surface area contributed by atoms with Crippen molar-refractivity contribution in [1.29, 1.82) is 0 Å². The summed E-state index contributed by atoms with van der Waals surface area (Å²) in [7, 11) is 0. The fraction of sp³-hybridized carbons (Fsp3) is 0.500. The summed E-state index contributed by atoms with van der Waals surface area (Å²) in [5, 5.41) is 14.8. The van der Waals surface area contributed by atoms with Gasteiger partial charge in [-0.3, -0.25) is 4.79 Å². The van der Waals surface area contributed by atoms with Gasteiger partial charge in [0, 0.05) is 12.1 Å². The number of nitrogens with one attached hydrogen (secondary N) is 1. The van der Waals surface area contributed by atoms with E-state index in [2.05, 4.69) is 21.9 Å². The van der Waals surface area contributed by atoms with Crippen LogP contribution in [0.15, 0.2) is 10.6 Å². The summed E-state index contributed by atoms with van der Waals surface area (Å²) in [6.07, 6.45) is 2.01. The highest BCUT2D eigenvalue weighted by atomic mass is 16.5. The molecule has 1 amide bonds. The van der Waals surface area contributed by atoms with Crippen molar-refractivity contribution in [2.45, 2.75) is 25.8 Å². The van der Waals surface area contributed by atoms with Gasteiger partial charge in [0.1, 0.15) is 0 Å². The molecule has 1 fully saturated rings. The Morgan fingerprint density at radius 2 is 2.44 bits per heavy atom. The van der Waals surface area contributed by atoms with Crippen molar-refractivity contribution in [3.63, 3.8) is 0 Å². The van der Waals surface area contributed by atoms with Crippen LogP contribution in [-0.2, 0) is 0 Å². The Hall–Kier alpha value is -1.85. The lowest BCUT2D eigenvalue weighted by atomic mass is 10.3. The fourth-order valence-corrected chi connectivity index (χ4v) is 1.60. The molecule has 1 aromatic heterocycles. The number of carboxylic acid groups (broad SMARTS) is 1. The normalized spacial score (nSPS) is 22.8. The third-order valence-corrected chi connectivity index (χ3v) is 2.72. The van der Waals surface area contributed by atoms with Crippen LogP contribution in [0, 0.1) is 5.92 Å². The number of carbonyl (C=O) groups is 2. The van der Waals surface area contributed by atoms with Crippen molar-refractivity contribution in [2.75, 3.05) is 0 Å². The number of hydrogen-bond acceptors (Lipinski definition) is 4. The average molecular weight is 224 g/mol. The van der Waals surface area contributed by atoms with E-state index in [9.17, 15) is 9.59 Å². The number of hydrogen-bond donors (Lipinski definition) is 2. The number of nitrogens with zero attached hydrogens (tertiary/aromatic N) is 1. The van der Waals surface area contributed by atoms with E-state index >= 15 is 0 Å². The summed E-state index contributed by atoms with van der Waals surface area (Å²) in [4.78, 5) is 22.1. The molecule has 1 aliphatic carbocycles. The van der Waals surface area contributed by atoms with E-state index in [1.165, 1.54) is 0 Å². The Labute approximate surface area is 91.6 Å².